The third-order valence-corrected chi connectivity index (χ3v) is 3.53. The van der Waals surface area contributed by atoms with E-state index in [2.05, 4.69) is 15.5 Å². The lowest BCUT2D eigenvalue weighted by molar-refractivity contribution is -0.112. The lowest BCUT2D eigenvalue weighted by Gasteiger charge is -2.04. The van der Waals surface area contributed by atoms with Crippen molar-refractivity contribution < 1.29 is 9.53 Å². The molecule has 1 aromatic heterocycles. The molecule has 23 heavy (non-hydrogen) atoms. The number of hydrogen-bond donors (Lipinski definition) is 1. The normalized spacial score (nSPS) is 10.9. The molecule has 2 rings (SSSR count). The van der Waals surface area contributed by atoms with Crippen LogP contribution in [0.4, 0.5) is 5.13 Å². The van der Waals surface area contributed by atoms with Crippen molar-refractivity contribution in [3.8, 4) is 11.8 Å². The maximum absolute atomic E-state index is 12.1. The van der Waals surface area contributed by atoms with E-state index < -0.39 is 5.91 Å². The van der Waals surface area contributed by atoms with Crippen LogP contribution in [0.5, 0.6) is 5.75 Å². The Morgan fingerprint density at radius 1 is 1.39 bits per heavy atom. The molecule has 0 fully saturated rings. The SMILES string of the molecule is CCCOc1ccc(/C=C(\C#N)C(=O)Nc2nnc(C)s2)cc1. The van der Waals surface area contributed by atoms with Crippen LogP contribution in [0.15, 0.2) is 29.8 Å². The molecule has 0 radical (unpaired) electrons. The number of anilines is 1. The van der Waals surface area contributed by atoms with Crippen molar-refractivity contribution in [3.05, 3.63) is 40.4 Å². The fourth-order valence-electron chi connectivity index (χ4n) is 1.71. The summed E-state index contributed by atoms with van der Waals surface area (Å²) in [6.07, 6.45) is 2.46. The van der Waals surface area contributed by atoms with Gasteiger partial charge in [-0.15, -0.1) is 10.2 Å². The zero-order chi connectivity index (χ0) is 16.7. The number of nitrogens with one attached hydrogen (secondary N) is 1. The van der Waals surface area contributed by atoms with Crippen LogP contribution in [0, 0.1) is 18.3 Å². The predicted molar refractivity (Wildman–Crippen MR) is 89.1 cm³/mol. The number of rotatable bonds is 6. The van der Waals surface area contributed by atoms with Gasteiger partial charge in [0.25, 0.3) is 5.91 Å². The number of carbonyl (C=O) groups is 1. The van der Waals surface area contributed by atoms with Gasteiger partial charge in [0.05, 0.1) is 6.61 Å². The standard InChI is InChI=1S/C16H16N4O2S/c1-3-8-22-14-6-4-12(5-7-14)9-13(10-17)15(21)18-16-20-19-11(2)23-16/h4-7,9H,3,8H2,1-2H3,(H,18,20,21)/b13-9+. The molecule has 0 spiro atoms. The molecule has 0 aliphatic rings. The van der Waals surface area contributed by atoms with E-state index in [4.69, 9.17) is 4.74 Å². The van der Waals surface area contributed by atoms with Gasteiger partial charge in [0, 0.05) is 0 Å². The summed E-state index contributed by atoms with van der Waals surface area (Å²) in [5.41, 5.74) is 0.745. The molecule has 1 amide bonds. The number of aryl methyl sites for hydroxylation is 1. The monoisotopic (exact) mass is 328 g/mol. The van der Waals surface area contributed by atoms with Crippen LogP contribution in [0.3, 0.4) is 0 Å². The number of carbonyl (C=O) groups excluding carboxylic acids is 1. The zero-order valence-electron chi connectivity index (χ0n) is 12.9. The smallest absolute Gasteiger partial charge is 0.268 e. The number of nitriles is 1. The van der Waals surface area contributed by atoms with Gasteiger partial charge in [-0.25, -0.2) is 0 Å². The summed E-state index contributed by atoms with van der Waals surface area (Å²) in [7, 11) is 0. The Morgan fingerprint density at radius 3 is 2.70 bits per heavy atom. The van der Waals surface area contributed by atoms with Crippen molar-refractivity contribution in [2.75, 3.05) is 11.9 Å². The van der Waals surface area contributed by atoms with Crippen LogP contribution in [-0.2, 0) is 4.79 Å². The second-order valence-corrected chi connectivity index (χ2v) is 5.85. The average molecular weight is 328 g/mol. The average Bonchev–Trinajstić information content (AvgIpc) is 2.96. The van der Waals surface area contributed by atoms with E-state index in [-0.39, 0.29) is 5.57 Å². The summed E-state index contributed by atoms with van der Waals surface area (Å²) in [6.45, 7) is 4.48. The highest BCUT2D eigenvalue weighted by Gasteiger charge is 2.12. The van der Waals surface area contributed by atoms with E-state index in [0.29, 0.717) is 11.7 Å². The molecule has 6 nitrogen and oxygen atoms in total. The number of nitrogens with zero attached hydrogens (tertiary/aromatic N) is 3. The highest BCUT2D eigenvalue weighted by atomic mass is 32.1. The van der Waals surface area contributed by atoms with Gasteiger partial charge in [-0.05, 0) is 37.1 Å². The van der Waals surface area contributed by atoms with Crippen molar-refractivity contribution in [3.63, 3.8) is 0 Å². The largest absolute Gasteiger partial charge is 0.494 e. The maximum atomic E-state index is 12.1. The number of hydrogen-bond acceptors (Lipinski definition) is 6. The highest BCUT2D eigenvalue weighted by Crippen LogP contribution is 2.17. The van der Waals surface area contributed by atoms with Crippen LogP contribution in [0.1, 0.15) is 23.9 Å². The van der Waals surface area contributed by atoms with Gasteiger partial charge in [-0.1, -0.05) is 30.4 Å². The van der Waals surface area contributed by atoms with E-state index in [1.807, 2.05) is 25.1 Å². The summed E-state index contributed by atoms with van der Waals surface area (Å²) in [5.74, 6) is 0.256. The third-order valence-electron chi connectivity index (χ3n) is 2.78. The number of amides is 1. The van der Waals surface area contributed by atoms with Crippen LogP contribution in [-0.4, -0.2) is 22.7 Å². The Labute approximate surface area is 138 Å². The first kappa shape index (κ1) is 16.6. The molecule has 1 heterocycles. The van der Waals surface area contributed by atoms with E-state index in [0.717, 1.165) is 22.7 Å². The summed E-state index contributed by atoms with van der Waals surface area (Å²) in [5, 5.41) is 20.5. The topological polar surface area (TPSA) is 87.9 Å². The Bertz CT molecular complexity index is 744. The Hall–Kier alpha value is -2.72. The molecule has 0 atom stereocenters. The van der Waals surface area contributed by atoms with E-state index >= 15 is 0 Å². The second-order valence-electron chi connectivity index (χ2n) is 4.67. The first-order valence-electron chi connectivity index (χ1n) is 7.08. The molecule has 0 aliphatic heterocycles. The maximum Gasteiger partial charge on any atom is 0.268 e. The minimum absolute atomic E-state index is 0.0000737. The van der Waals surface area contributed by atoms with Crippen LogP contribution < -0.4 is 10.1 Å². The summed E-state index contributed by atoms with van der Waals surface area (Å²) < 4.78 is 5.49. The molecule has 0 saturated heterocycles. The first-order chi connectivity index (χ1) is 11.1. The molecule has 0 unspecified atom stereocenters. The molecule has 0 aliphatic carbocycles. The number of benzene rings is 1. The van der Waals surface area contributed by atoms with E-state index in [1.54, 1.807) is 19.1 Å². The molecule has 1 N–H and O–H groups in total. The Morgan fingerprint density at radius 2 is 2.13 bits per heavy atom. The lowest BCUT2D eigenvalue weighted by Crippen LogP contribution is -2.13. The molecule has 0 saturated carbocycles. The van der Waals surface area contributed by atoms with Crippen molar-refractivity contribution in [1.29, 1.82) is 5.26 Å². The number of aromatic nitrogens is 2. The van der Waals surface area contributed by atoms with Gasteiger partial charge in [0.1, 0.15) is 22.4 Å². The minimum atomic E-state index is -0.505. The van der Waals surface area contributed by atoms with Crippen molar-refractivity contribution in [2.45, 2.75) is 20.3 Å². The van der Waals surface area contributed by atoms with Crippen molar-refractivity contribution in [1.82, 2.24) is 10.2 Å². The Kier molecular flexibility index (Phi) is 5.83. The van der Waals surface area contributed by atoms with Gasteiger partial charge in [0.15, 0.2) is 0 Å². The van der Waals surface area contributed by atoms with Crippen molar-refractivity contribution >= 4 is 28.5 Å². The highest BCUT2D eigenvalue weighted by molar-refractivity contribution is 7.15. The molecule has 118 valence electrons. The molecule has 7 heteroatoms. The van der Waals surface area contributed by atoms with E-state index in [1.165, 1.54) is 17.4 Å². The molecule has 2 aromatic rings. The summed E-state index contributed by atoms with van der Waals surface area (Å²) in [6, 6.07) is 9.11. The van der Waals surface area contributed by atoms with Gasteiger partial charge in [-0.2, -0.15) is 5.26 Å². The van der Waals surface area contributed by atoms with Crippen molar-refractivity contribution in [2.24, 2.45) is 0 Å². The quantitative estimate of drug-likeness (QED) is 0.650. The third kappa shape index (κ3) is 4.90. The van der Waals surface area contributed by atoms with Gasteiger partial charge >= 0.3 is 0 Å². The van der Waals surface area contributed by atoms with E-state index in [9.17, 15) is 10.1 Å². The van der Waals surface area contributed by atoms with Gasteiger partial charge in [0.2, 0.25) is 5.13 Å². The van der Waals surface area contributed by atoms with Crippen LogP contribution >= 0.6 is 11.3 Å². The first-order valence-corrected chi connectivity index (χ1v) is 7.90. The summed E-state index contributed by atoms with van der Waals surface area (Å²) >= 11 is 1.25. The second kappa shape index (κ2) is 8.06. The zero-order valence-corrected chi connectivity index (χ0v) is 13.7. The molecule has 1 aromatic carbocycles. The fourth-order valence-corrected chi connectivity index (χ4v) is 2.29. The van der Waals surface area contributed by atoms with Gasteiger partial charge < -0.3 is 4.74 Å². The molecular formula is C16H16N4O2S. The van der Waals surface area contributed by atoms with Gasteiger partial charge in [-0.3, -0.25) is 10.1 Å². The summed E-state index contributed by atoms with van der Waals surface area (Å²) in [4.78, 5) is 12.1. The predicted octanol–water partition coefficient (Wildman–Crippen LogP) is 3.18. The molecule has 0 bridgehead atoms. The van der Waals surface area contributed by atoms with Crippen LogP contribution in [0.25, 0.3) is 6.08 Å². The number of ether oxygens (including phenoxy) is 1. The molecular weight excluding hydrogens is 312 g/mol. The van der Waals surface area contributed by atoms with Crippen LogP contribution in [0.2, 0.25) is 0 Å². The minimum Gasteiger partial charge on any atom is -0.494 e. The Balaban J connectivity index is 2.08. The fraction of sp³-hybridized carbons (Fsp3) is 0.250. The lowest BCUT2D eigenvalue weighted by atomic mass is 10.1.